The van der Waals surface area contributed by atoms with Crippen molar-refractivity contribution >= 4 is 5.69 Å². The van der Waals surface area contributed by atoms with Gasteiger partial charge in [-0.3, -0.25) is 0 Å². The van der Waals surface area contributed by atoms with E-state index in [4.69, 9.17) is 0 Å². The molecule has 1 N–H and O–H groups in total. The molecule has 0 saturated carbocycles. The monoisotopic (exact) mass is 229 g/mol. The summed E-state index contributed by atoms with van der Waals surface area (Å²) in [4.78, 5) is 4.05. The van der Waals surface area contributed by atoms with Crippen LogP contribution in [0.1, 0.15) is 19.4 Å². The van der Waals surface area contributed by atoms with Gasteiger partial charge >= 0.3 is 0 Å². The molecule has 0 aliphatic rings. The number of hydrogen-bond acceptors (Lipinski definition) is 2. The Morgan fingerprint density at radius 1 is 1.35 bits per heavy atom. The van der Waals surface area contributed by atoms with Gasteiger partial charge in [-0.25, -0.2) is 4.98 Å². The Hall–Kier alpha value is -1.77. The van der Waals surface area contributed by atoms with Crippen LogP contribution in [0, 0.1) is 5.92 Å². The summed E-state index contributed by atoms with van der Waals surface area (Å²) in [5, 5.41) is 3.44. The summed E-state index contributed by atoms with van der Waals surface area (Å²) in [6, 6.07) is 8.54. The van der Waals surface area contributed by atoms with Crippen LogP contribution in [0.4, 0.5) is 5.69 Å². The molecule has 0 amide bonds. The fourth-order valence-electron chi connectivity index (χ4n) is 1.69. The van der Waals surface area contributed by atoms with Gasteiger partial charge in [-0.05, 0) is 23.6 Å². The van der Waals surface area contributed by atoms with Crippen LogP contribution in [0.25, 0.3) is 0 Å². The van der Waals surface area contributed by atoms with Crippen molar-refractivity contribution in [2.24, 2.45) is 5.92 Å². The Labute approximate surface area is 103 Å². The fraction of sp³-hybridized carbons (Fsp3) is 0.357. The molecule has 3 heteroatoms. The Balaban J connectivity index is 2.01. The Morgan fingerprint density at radius 3 is 2.94 bits per heavy atom. The van der Waals surface area contributed by atoms with Crippen LogP contribution in [0.5, 0.6) is 0 Å². The molecular weight excluding hydrogens is 210 g/mol. The SMILES string of the molecule is CC(C)CNc1cccc(Cn2ccnc2)c1. The van der Waals surface area contributed by atoms with Gasteiger partial charge in [0.1, 0.15) is 0 Å². The molecule has 0 aliphatic carbocycles. The summed E-state index contributed by atoms with van der Waals surface area (Å²) in [7, 11) is 0. The minimum Gasteiger partial charge on any atom is -0.385 e. The number of nitrogens with one attached hydrogen (secondary N) is 1. The predicted molar refractivity (Wildman–Crippen MR) is 71.1 cm³/mol. The second-order valence-corrected chi connectivity index (χ2v) is 4.71. The smallest absolute Gasteiger partial charge is 0.0949 e. The zero-order valence-corrected chi connectivity index (χ0v) is 10.4. The van der Waals surface area contributed by atoms with Gasteiger partial charge in [0.05, 0.1) is 6.33 Å². The van der Waals surface area contributed by atoms with Crippen LogP contribution >= 0.6 is 0 Å². The van der Waals surface area contributed by atoms with Crippen molar-refractivity contribution in [1.82, 2.24) is 9.55 Å². The second kappa shape index (κ2) is 5.53. The Kier molecular flexibility index (Phi) is 3.81. The van der Waals surface area contributed by atoms with Crippen molar-refractivity contribution in [3.8, 4) is 0 Å². The van der Waals surface area contributed by atoms with E-state index in [1.54, 1.807) is 6.20 Å². The van der Waals surface area contributed by atoms with E-state index in [9.17, 15) is 0 Å². The zero-order chi connectivity index (χ0) is 12.1. The van der Waals surface area contributed by atoms with Crippen molar-refractivity contribution < 1.29 is 0 Å². The number of anilines is 1. The van der Waals surface area contributed by atoms with E-state index in [2.05, 4.69) is 53.0 Å². The van der Waals surface area contributed by atoms with Crippen molar-refractivity contribution in [3.63, 3.8) is 0 Å². The van der Waals surface area contributed by atoms with Crippen LogP contribution in [-0.2, 0) is 6.54 Å². The summed E-state index contributed by atoms with van der Waals surface area (Å²) in [5.41, 5.74) is 2.48. The van der Waals surface area contributed by atoms with Gasteiger partial charge in [0.15, 0.2) is 0 Å². The minimum atomic E-state index is 0.660. The lowest BCUT2D eigenvalue weighted by Gasteiger charge is -2.10. The molecule has 0 unspecified atom stereocenters. The minimum absolute atomic E-state index is 0.660. The number of hydrogen-bond donors (Lipinski definition) is 1. The molecule has 2 rings (SSSR count). The van der Waals surface area contributed by atoms with E-state index in [-0.39, 0.29) is 0 Å². The maximum Gasteiger partial charge on any atom is 0.0949 e. The fourth-order valence-corrected chi connectivity index (χ4v) is 1.69. The predicted octanol–water partition coefficient (Wildman–Crippen LogP) is 3.00. The molecule has 0 fully saturated rings. The van der Waals surface area contributed by atoms with E-state index in [1.807, 2.05) is 12.5 Å². The van der Waals surface area contributed by atoms with Crippen LogP contribution in [-0.4, -0.2) is 16.1 Å². The highest BCUT2D eigenvalue weighted by Gasteiger charge is 1.98. The van der Waals surface area contributed by atoms with Gasteiger partial charge in [-0.15, -0.1) is 0 Å². The number of rotatable bonds is 5. The highest BCUT2D eigenvalue weighted by molar-refractivity contribution is 5.45. The Morgan fingerprint density at radius 2 is 2.24 bits per heavy atom. The molecule has 0 saturated heterocycles. The quantitative estimate of drug-likeness (QED) is 0.854. The number of benzene rings is 1. The maximum atomic E-state index is 4.05. The lowest BCUT2D eigenvalue weighted by atomic mass is 10.1. The largest absolute Gasteiger partial charge is 0.385 e. The van der Waals surface area contributed by atoms with Crippen molar-refractivity contribution in [2.75, 3.05) is 11.9 Å². The molecule has 3 nitrogen and oxygen atoms in total. The van der Waals surface area contributed by atoms with Crippen LogP contribution < -0.4 is 5.32 Å². The number of imidazole rings is 1. The van der Waals surface area contributed by atoms with Crippen molar-refractivity contribution in [2.45, 2.75) is 20.4 Å². The maximum absolute atomic E-state index is 4.05. The Bertz CT molecular complexity index is 446. The van der Waals surface area contributed by atoms with Crippen molar-refractivity contribution in [3.05, 3.63) is 48.5 Å². The molecule has 0 bridgehead atoms. The molecule has 1 heterocycles. The topological polar surface area (TPSA) is 29.9 Å². The first-order valence-electron chi connectivity index (χ1n) is 6.02. The van der Waals surface area contributed by atoms with E-state index in [0.717, 1.165) is 13.1 Å². The van der Waals surface area contributed by atoms with Crippen LogP contribution in [0.15, 0.2) is 43.0 Å². The summed E-state index contributed by atoms with van der Waals surface area (Å²) in [6.45, 7) is 6.30. The third-order valence-corrected chi connectivity index (χ3v) is 2.57. The molecule has 0 radical (unpaired) electrons. The van der Waals surface area contributed by atoms with E-state index in [0.29, 0.717) is 5.92 Å². The molecular formula is C14H19N3. The molecule has 17 heavy (non-hydrogen) atoms. The lowest BCUT2D eigenvalue weighted by molar-refractivity contribution is 0.688. The van der Waals surface area contributed by atoms with E-state index in [1.165, 1.54) is 11.3 Å². The van der Waals surface area contributed by atoms with Gasteiger partial charge < -0.3 is 9.88 Å². The third-order valence-electron chi connectivity index (χ3n) is 2.57. The first kappa shape index (κ1) is 11.7. The normalized spacial score (nSPS) is 10.8. The highest BCUT2D eigenvalue weighted by Crippen LogP contribution is 2.12. The number of aromatic nitrogens is 2. The molecule has 0 spiro atoms. The van der Waals surface area contributed by atoms with E-state index >= 15 is 0 Å². The molecule has 1 aromatic heterocycles. The number of nitrogens with zero attached hydrogens (tertiary/aromatic N) is 2. The van der Waals surface area contributed by atoms with Gasteiger partial charge in [-0.2, -0.15) is 0 Å². The standard InChI is InChI=1S/C14H19N3/c1-12(2)9-16-14-5-3-4-13(8-14)10-17-7-6-15-11-17/h3-8,11-12,16H,9-10H2,1-2H3. The van der Waals surface area contributed by atoms with Crippen LogP contribution in [0.3, 0.4) is 0 Å². The van der Waals surface area contributed by atoms with Gasteiger partial charge in [-0.1, -0.05) is 26.0 Å². The molecule has 90 valence electrons. The third kappa shape index (κ3) is 3.63. The van der Waals surface area contributed by atoms with Gasteiger partial charge in [0.2, 0.25) is 0 Å². The molecule has 0 aliphatic heterocycles. The summed E-state index contributed by atoms with van der Waals surface area (Å²) >= 11 is 0. The summed E-state index contributed by atoms with van der Waals surface area (Å²) in [5.74, 6) is 0.660. The van der Waals surface area contributed by atoms with Crippen LogP contribution in [0.2, 0.25) is 0 Å². The van der Waals surface area contributed by atoms with Gasteiger partial charge in [0.25, 0.3) is 0 Å². The average Bonchev–Trinajstić information content (AvgIpc) is 2.80. The molecule has 2 aromatic rings. The molecule has 0 atom stereocenters. The lowest BCUT2D eigenvalue weighted by Crippen LogP contribution is -2.08. The van der Waals surface area contributed by atoms with E-state index < -0.39 is 0 Å². The van der Waals surface area contributed by atoms with Crippen molar-refractivity contribution in [1.29, 1.82) is 0 Å². The summed E-state index contributed by atoms with van der Waals surface area (Å²) < 4.78 is 2.07. The highest BCUT2D eigenvalue weighted by atomic mass is 15.0. The zero-order valence-electron chi connectivity index (χ0n) is 10.4. The molecule has 1 aromatic carbocycles. The van der Waals surface area contributed by atoms with Gasteiger partial charge in [0, 0.05) is 31.2 Å². The second-order valence-electron chi connectivity index (χ2n) is 4.71. The first-order chi connectivity index (χ1) is 8.24. The average molecular weight is 229 g/mol. The summed E-state index contributed by atoms with van der Waals surface area (Å²) in [6.07, 6.45) is 5.63. The first-order valence-corrected chi connectivity index (χ1v) is 6.02.